The van der Waals surface area contributed by atoms with Gasteiger partial charge in [-0.3, -0.25) is 0 Å². The molecule has 0 saturated heterocycles. The van der Waals surface area contributed by atoms with Crippen LogP contribution in [-0.2, 0) is 23.0 Å². The summed E-state index contributed by atoms with van der Waals surface area (Å²) in [6.45, 7) is 0.355. The number of ether oxygens (including phenoxy) is 1. The van der Waals surface area contributed by atoms with Crippen LogP contribution in [0.2, 0.25) is 0 Å². The lowest BCUT2D eigenvalue weighted by Crippen LogP contribution is -2.36. The number of nitrogens with two attached hydrogens (primary N) is 1. The van der Waals surface area contributed by atoms with E-state index in [1.54, 1.807) is 6.20 Å². The Morgan fingerprint density at radius 1 is 1.39 bits per heavy atom. The van der Waals surface area contributed by atoms with Crippen LogP contribution in [0.4, 0.5) is 10.3 Å². The molecule has 23 heavy (non-hydrogen) atoms. The third kappa shape index (κ3) is 2.84. The second kappa shape index (κ2) is 5.74. The van der Waals surface area contributed by atoms with E-state index in [1.807, 2.05) is 0 Å². The summed E-state index contributed by atoms with van der Waals surface area (Å²) in [5.74, 6) is -0.635. The zero-order valence-corrected chi connectivity index (χ0v) is 13.2. The number of sulfonamides is 1. The maximum atomic E-state index is 13.8. The quantitative estimate of drug-likeness (QED) is 0.895. The number of nitrogen functional groups attached to an aromatic ring is 1. The van der Waals surface area contributed by atoms with Gasteiger partial charge in [0, 0.05) is 12.7 Å². The van der Waals surface area contributed by atoms with E-state index in [0.717, 1.165) is 11.6 Å². The van der Waals surface area contributed by atoms with Gasteiger partial charge in [0.25, 0.3) is 0 Å². The molecule has 7 nitrogen and oxygen atoms in total. The second-order valence-electron chi connectivity index (χ2n) is 5.09. The van der Waals surface area contributed by atoms with Crippen LogP contribution < -0.4 is 10.5 Å². The first kappa shape index (κ1) is 15.6. The van der Waals surface area contributed by atoms with Crippen LogP contribution in [0.15, 0.2) is 29.3 Å². The fourth-order valence-corrected chi connectivity index (χ4v) is 3.87. The maximum absolute atomic E-state index is 13.8. The molecule has 0 bridgehead atoms. The van der Waals surface area contributed by atoms with E-state index in [2.05, 4.69) is 9.97 Å². The molecule has 1 aliphatic rings. The molecule has 3 rings (SSSR count). The van der Waals surface area contributed by atoms with Crippen LogP contribution in [0.1, 0.15) is 11.3 Å². The van der Waals surface area contributed by atoms with Crippen molar-refractivity contribution >= 4 is 16.0 Å². The Hall–Kier alpha value is -2.26. The minimum atomic E-state index is -3.83. The number of benzene rings is 1. The number of methoxy groups -OCH3 is 1. The number of aromatic nitrogens is 2. The molecule has 0 spiro atoms. The van der Waals surface area contributed by atoms with Crippen LogP contribution in [0, 0.1) is 5.82 Å². The summed E-state index contributed by atoms with van der Waals surface area (Å²) >= 11 is 0. The molecule has 0 aliphatic carbocycles. The van der Waals surface area contributed by atoms with Crippen LogP contribution in [-0.4, -0.2) is 36.3 Å². The van der Waals surface area contributed by atoms with E-state index in [9.17, 15) is 12.8 Å². The molecule has 1 aromatic carbocycles. The number of anilines is 1. The van der Waals surface area contributed by atoms with Gasteiger partial charge in [0.2, 0.25) is 16.0 Å². The Bertz CT molecular complexity index is 857. The molecule has 0 amide bonds. The van der Waals surface area contributed by atoms with Crippen molar-refractivity contribution in [3.05, 3.63) is 41.5 Å². The van der Waals surface area contributed by atoms with Crippen molar-refractivity contribution in [3.63, 3.8) is 0 Å². The molecule has 0 fully saturated rings. The fraction of sp³-hybridized carbons (Fsp3) is 0.286. The first-order chi connectivity index (χ1) is 10.9. The highest BCUT2D eigenvalue weighted by Crippen LogP contribution is 2.26. The van der Waals surface area contributed by atoms with Crippen molar-refractivity contribution in [2.75, 3.05) is 19.4 Å². The first-order valence-corrected chi connectivity index (χ1v) is 8.30. The Labute approximate surface area is 133 Å². The summed E-state index contributed by atoms with van der Waals surface area (Å²) in [7, 11) is -2.51. The van der Waals surface area contributed by atoms with E-state index < -0.39 is 15.8 Å². The first-order valence-electron chi connectivity index (χ1n) is 6.86. The van der Waals surface area contributed by atoms with Gasteiger partial charge in [-0.1, -0.05) is 0 Å². The Morgan fingerprint density at radius 3 is 2.87 bits per heavy atom. The average Bonchev–Trinajstić information content (AvgIpc) is 2.54. The van der Waals surface area contributed by atoms with E-state index in [1.165, 1.54) is 23.5 Å². The fourth-order valence-electron chi connectivity index (χ4n) is 2.46. The summed E-state index contributed by atoms with van der Waals surface area (Å²) in [6, 6.07) is 3.57. The lowest BCUT2D eigenvalue weighted by atomic mass is 10.1. The zero-order chi connectivity index (χ0) is 16.6. The Morgan fingerprint density at radius 2 is 2.17 bits per heavy atom. The lowest BCUT2D eigenvalue weighted by Gasteiger charge is -2.27. The number of halogens is 1. The molecule has 2 heterocycles. The number of hydrogen-bond acceptors (Lipinski definition) is 6. The van der Waals surface area contributed by atoms with E-state index in [0.29, 0.717) is 12.1 Å². The van der Waals surface area contributed by atoms with Gasteiger partial charge in [0.1, 0.15) is 0 Å². The predicted octanol–water partition coefficient (Wildman–Crippen LogP) is 0.953. The maximum Gasteiger partial charge on any atom is 0.243 e. The molecule has 2 aromatic rings. The topological polar surface area (TPSA) is 98.4 Å². The summed E-state index contributed by atoms with van der Waals surface area (Å²) < 4.78 is 45.2. The average molecular weight is 338 g/mol. The molecule has 9 heteroatoms. The van der Waals surface area contributed by atoms with Crippen molar-refractivity contribution in [3.8, 4) is 5.75 Å². The van der Waals surface area contributed by atoms with Crippen LogP contribution in [0.5, 0.6) is 5.75 Å². The third-order valence-corrected chi connectivity index (χ3v) is 5.53. The minimum absolute atomic E-state index is 0.00606. The van der Waals surface area contributed by atoms with Crippen LogP contribution in [0.25, 0.3) is 0 Å². The van der Waals surface area contributed by atoms with Gasteiger partial charge in [-0.2, -0.15) is 4.31 Å². The van der Waals surface area contributed by atoms with E-state index in [-0.39, 0.29) is 29.7 Å². The zero-order valence-electron chi connectivity index (χ0n) is 12.4. The largest absolute Gasteiger partial charge is 0.494 e. The number of fused-ring (bicyclic) bond motifs is 1. The molecule has 0 radical (unpaired) electrons. The van der Waals surface area contributed by atoms with Crippen molar-refractivity contribution in [1.82, 2.24) is 14.3 Å². The summed E-state index contributed by atoms with van der Waals surface area (Å²) in [6.07, 6.45) is 2.09. The van der Waals surface area contributed by atoms with Gasteiger partial charge in [-0.25, -0.2) is 22.8 Å². The molecule has 1 aromatic heterocycles. The molecule has 0 saturated carbocycles. The highest BCUT2D eigenvalue weighted by Gasteiger charge is 2.30. The van der Waals surface area contributed by atoms with Crippen molar-refractivity contribution < 1.29 is 17.5 Å². The monoisotopic (exact) mass is 338 g/mol. The second-order valence-corrected chi connectivity index (χ2v) is 7.02. The number of nitrogens with zero attached hydrogens (tertiary/aromatic N) is 3. The van der Waals surface area contributed by atoms with E-state index >= 15 is 0 Å². The van der Waals surface area contributed by atoms with Gasteiger partial charge in [-0.15, -0.1) is 0 Å². The molecule has 2 N–H and O–H groups in total. The van der Waals surface area contributed by atoms with Gasteiger partial charge < -0.3 is 10.5 Å². The van der Waals surface area contributed by atoms with Crippen molar-refractivity contribution in [2.45, 2.75) is 17.9 Å². The van der Waals surface area contributed by atoms with Gasteiger partial charge in [0.15, 0.2) is 11.6 Å². The summed E-state index contributed by atoms with van der Waals surface area (Å²) in [5, 5.41) is 0. The normalized spacial score (nSPS) is 15.2. The molecule has 0 atom stereocenters. The molecule has 122 valence electrons. The number of hydrogen-bond donors (Lipinski definition) is 1. The Kier molecular flexibility index (Phi) is 3.90. The van der Waals surface area contributed by atoms with Gasteiger partial charge in [-0.05, 0) is 30.2 Å². The van der Waals surface area contributed by atoms with Crippen LogP contribution in [0.3, 0.4) is 0 Å². The smallest absolute Gasteiger partial charge is 0.243 e. The van der Waals surface area contributed by atoms with Crippen molar-refractivity contribution in [2.24, 2.45) is 0 Å². The molecule has 0 unspecified atom stereocenters. The third-order valence-electron chi connectivity index (χ3n) is 3.69. The Balaban J connectivity index is 1.93. The number of rotatable bonds is 3. The highest BCUT2D eigenvalue weighted by atomic mass is 32.2. The highest BCUT2D eigenvalue weighted by molar-refractivity contribution is 7.89. The molecule has 1 aliphatic heterocycles. The standard InChI is InChI=1S/C14H15FN4O3S/c1-22-13-3-2-10(6-11(13)15)23(20,21)19-5-4-9-7-17-14(16)18-12(9)8-19/h2-3,6-7H,4-5,8H2,1H3,(H2,16,17,18). The molecular formula is C14H15FN4O3S. The SMILES string of the molecule is COc1ccc(S(=O)(=O)N2CCc3cnc(N)nc3C2)cc1F. The van der Waals surface area contributed by atoms with Crippen LogP contribution >= 0.6 is 0 Å². The minimum Gasteiger partial charge on any atom is -0.494 e. The lowest BCUT2D eigenvalue weighted by molar-refractivity contribution is 0.379. The van der Waals surface area contributed by atoms with Gasteiger partial charge in [0.05, 0.1) is 24.2 Å². The summed E-state index contributed by atoms with van der Waals surface area (Å²) in [5.41, 5.74) is 6.98. The summed E-state index contributed by atoms with van der Waals surface area (Å²) in [4.78, 5) is 7.86. The van der Waals surface area contributed by atoms with E-state index in [4.69, 9.17) is 10.5 Å². The van der Waals surface area contributed by atoms with Crippen molar-refractivity contribution in [1.29, 1.82) is 0 Å². The molecular weight excluding hydrogens is 323 g/mol. The predicted molar refractivity (Wildman–Crippen MR) is 80.7 cm³/mol. The van der Waals surface area contributed by atoms with Gasteiger partial charge >= 0.3 is 0 Å².